The molecular weight excluding hydrogens is 1060 g/mol. The fourth-order valence-electron chi connectivity index (χ4n) is 12.0. The summed E-state index contributed by atoms with van der Waals surface area (Å²) < 4.78 is 73.3. The molecule has 0 atom stereocenters. The molecule has 0 aliphatic heterocycles. The van der Waals surface area contributed by atoms with Gasteiger partial charge >= 0.3 is 37.7 Å². The average Bonchev–Trinajstić information content (AvgIpc) is 3.44. The van der Waals surface area contributed by atoms with E-state index in [0.717, 1.165) is 72.9 Å². The Kier molecular flexibility index (Phi) is 45.3. The van der Waals surface area contributed by atoms with Crippen LogP contribution in [0.3, 0.4) is 0 Å². The third-order valence-electron chi connectivity index (χ3n) is 17.0. The van der Waals surface area contributed by atoms with E-state index in [1.165, 1.54) is 255 Å². The van der Waals surface area contributed by atoms with Gasteiger partial charge in [-0.25, -0.2) is 16.8 Å². The summed E-state index contributed by atoms with van der Waals surface area (Å²) in [6.07, 6.45) is 59.7. The van der Waals surface area contributed by atoms with Crippen LogP contribution in [0, 0.1) is 0 Å². The van der Waals surface area contributed by atoms with Crippen molar-refractivity contribution in [2.45, 2.75) is 346 Å². The molecule has 0 fully saturated rings. The number of rotatable bonds is 50. The first-order valence-corrected chi connectivity index (χ1v) is 36.8. The summed E-state index contributed by atoms with van der Waals surface area (Å²) in [5.41, 5.74) is 3.73. The van der Waals surface area contributed by atoms with Crippen molar-refractivity contribution in [2.75, 3.05) is 0 Å². The molecule has 0 N–H and O–H groups in total. The zero-order chi connectivity index (χ0) is 57.8. The van der Waals surface area contributed by atoms with Crippen molar-refractivity contribution in [3.05, 3.63) is 82.9 Å². The number of unbranched alkanes of at least 4 members (excludes halogenated alkanes) is 40. The number of hydrogen-bond donors (Lipinski definition) is 0. The maximum atomic E-state index is 12.2. The van der Waals surface area contributed by atoms with Crippen molar-refractivity contribution in [1.82, 2.24) is 0 Å². The molecule has 4 aromatic carbocycles. The van der Waals surface area contributed by atoms with Crippen molar-refractivity contribution in [2.24, 2.45) is 0 Å². The molecule has 6 nitrogen and oxygen atoms in total. The molecule has 0 bridgehead atoms. The smallest absolute Gasteiger partial charge is 0.744 e. The van der Waals surface area contributed by atoms with E-state index in [1.54, 1.807) is 12.1 Å². The molecule has 0 aromatic heterocycles. The predicted molar refractivity (Wildman–Crippen MR) is 350 cm³/mol. The van der Waals surface area contributed by atoms with E-state index >= 15 is 0 Å². The maximum absolute atomic E-state index is 12.2. The summed E-state index contributed by atoms with van der Waals surface area (Å²) in [7, 11) is -9.00. The van der Waals surface area contributed by atoms with Crippen molar-refractivity contribution in [3.63, 3.8) is 0 Å². The second-order valence-corrected chi connectivity index (χ2v) is 26.9. The molecule has 0 radical (unpaired) electrons. The maximum Gasteiger partial charge on any atom is 2.00 e. The molecule has 0 unspecified atom stereocenters. The Balaban J connectivity index is 0.000000547. The normalized spacial score (nSPS) is 11.8. The first-order chi connectivity index (χ1) is 38.9. The van der Waals surface area contributed by atoms with Crippen molar-refractivity contribution < 1.29 is 25.9 Å². The van der Waals surface area contributed by atoms with Crippen LogP contribution in [0.4, 0.5) is 0 Å². The molecule has 0 aliphatic rings. The Labute approximate surface area is 529 Å². The first-order valence-electron chi connectivity index (χ1n) is 33.9. The van der Waals surface area contributed by atoms with Gasteiger partial charge in [0.2, 0.25) is 0 Å². The quantitative estimate of drug-likeness (QED) is 0.0247. The largest absolute Gasteiger partial charge is 2.00 e. The van der Waals surface area contributed by atoms with E-state index < -0.39 is 20.2 Å². The molecule has 81 heavy (non-hydrogen) atoms. The van der Waals surface area contributed by atoms with Crippen molar-refractivity contribution >= 4 is 79.5 Å². The number of aryl methyl sites for hydroxylation is 4. The van der Waals surface area contributed by atoms with Gasteiger partial charge in [0, 0.05) is 0 Å². The molecule has 456 valence electrons. The van der Waals surface area contributed by atoms with Crippen LogP contribution in [0.5, 0.6) is 0 Å². The van der Waals surface area contributed by atoms with Gasteiger partial charge in [-0.05, 0) is 119 Å². The number of hydrogen-bond acceptors (Lipinski definition) is 6. The molecule has 0 saturated heterocycles. The van der Waals surface area contributed by atoms with Gasteiger partial charge in [-0.1, -0.05) is 321 Å². The second kappa shape index (κ2) is 48.6. The van der Waals surface area contributed by atoms with E-state index in [4.69, 9.17) is 0 Å². The van der Waals surface area contributed by atoms with Crippen LogP contribution < -0.4 is 0 Å². The van der Waals surface area contributed by atoms with Gasteiger partial charge in [-0.2, -0.15) is 0 Å². The Morgan fingerprint density at radius 2 is 0.469 bits per heavy atom. The van der Waals surface area contributed by atoms with Crippen LogP contribution in [-0.2, 0) is 45.9 Å². The van der Waals surface area contributed by atoms with E-state index in [-0.39, 0.29) is 47.5 Å². The van der Waals surface area contributed by atoms with Crippen LogP contribution in [-0.4, -0.2) is 63.7 Å². The van der Waals surface area contributed by atoms with Crippen LogP contribution in [0.25, 0.3) is 21.5 Å². The zero-order valence-electron chi connectivity index (χ0n) is 52.7. The average molecular weight is 1180 g/mol. The molecule has 0 heterocycles. The summed E-state index contributed by atoms with van der Waals surface area (Å²) in [4.78, 5) is -0.00284. The SMILES string of the molecule is CCCCCCCCCCCCCc1cc2cccc(CCCCCCCCCCCCC)c2cc1S(=O)(=O)[O-].CCCCCCCCCCCCCc1cc2cccc(CCCCCCCCCCCCC)c2cc1S(=O)(=O)[O-].[Ca+2]. The second-order valence-electron chi connectivity index (χ2n) is 24.2. The Bertz CT molecular complexity index is 2230. The molecule has 0 saturated carbocycles. The van der Waals surface area contributed by atoms with Crippen LogP contribution in [0.2, 0.25) is 0 Å². The first kappa shape index (κ1) is 75.6. The van der Waals surface area contributed by atoms with Gasteiger partial charge in [-0.15, -0.1) is 0 Å². The predicted octanol–water partition coefficient (Wildman–Crippen LogP) is 22.5. The molecule has 0 amide bonds. The van der Waals surface area contributed by atoms with Gasteiger partial charge < -0.3 is 9.11 Å². The molecule has 4 aromatic rings. The van der Waals surface area contributed by atoms with Crippen LogP contribution in [0.1, 0.15) is 332 Å². The van der Waals surface area contributed by atoms with Gasteiger partial charge in [0.15, 0.2) is 0 Å². The topological polar surface area (TPSA) is 114 Å². The molecule has 4 rings (SSSR count). The fourth-order valence-corrected chi connectivity index (χ4v) is 13.5. The number of benzene rings is 4. The van der Waals surface area contributed by atoms with E-state index in [0.29, 0.717) is 24.0 Å². The monoisotopic (exact) mass is 1180 g/mol. The number of fused-ring (bicyclic) bond motifs is 2. The zero-order valence-corrected chi connectivity index (χ0v) is 56.5. The fraction of sp³-hybridized carbons (Fsp3) is 0.722. The minimum absolute atomic E-state index is 0. The van der Waals surface area contributed by atoms with Gasteiger partial charge in [0.05, 0.1) is 9.79 Å². The summed E-state index contributed by atoms with van der Waals surface area (Å²) in [6, 6.07) is 19.8. The Morgan fingerprint density at radius 1 is 0.272 bits per heavy atom. The van der Waals surface area contributed by atoms with E-state index in [1.807, 2.05) is 12.1 Å². The minimum atomic E-state index is -4.50. The molecular formula is C72H118CaO6S2. The van der Waals surface area contributed by atoms with Crippen LogP contribution in [0.15, 0.2) is 70.5 Å². The summed E-state index contributed by atoms with van der Waals surface area (Å²) in [5.74, 6) is 0. The molecule has 9 heteroatoms. The summed E-state index contributed by atoms with van der Waals surface area (Å²) in [5, 5.41) is 4.00. The van der Waals surface area contributed by atoms with Crippen molar-refractivity contribution in [1.29, 1.82) is 0 Å². The van der Waals surface area contributed by atoms with E-state index in [9.17, 15) is 25.9 Å². The molecule has 0 aliphatic carbocycles. The Hall–Kier alpha value is -1.52. The summed E-state index contributed by atoms with van der Waals surface area (Å²) >= 11 is 0. The van der Waals surface area contributed by atoms with E-state index in [2.05, 4.69) is 64.1 Å². The Morgan fingerprint density at radius 3 is 0.679 bits per heavy atom. The minimum Gasteiger partial charge on any atom is -0.744 e. The standard InChI is InChI=1S/2C36H60O3S.Ca/c2*1-3-5-7-9-11-13-15-17-19-21-23-26-32-28-25-29-33-30-34(36(31-35(32)33)40(37,38)39)27-24-22-20-18-16-14-12-10-8-6-4-2;/h2*25,28-31H,3-24,26-27H2,1-2H3,(H,37,38,39);/q;;+2/p-2. The van der Waals surface area contributed by atoms with Gasteiger partial charge in [0.25, 0.3) is 0 Å². The summed E-state index contributed by atoms with van der Waals surface area (Å²) in [6.45, 7) is 9.04. The van der Waals surface area contributed by atoms with Gasteiger partial charge in [0.1, 0.15) is 20.2 Å². The van der Waals surface area contributed by atoms with Crippen molar-refractivity contribution in [3.8, 4) is 0 Å². The molecule has 0 spiro atoms. The van der Waals surface area contributed by atoms with Gasteiger partial charge in [-0.3, -0.25) is 0 Å². The third-order valence-corrected chi connectivity index (χ3v) is 18.9. The third kappa shape index (κ3) is 35.0. The van der Waals surface area contributed by atoms with Crippen LogP contribution >= 0.6 is 0 Å².